The van der Waals surface area contributed by atoms with Gasteiger partial charge in [-0.2, -0.15) is 0 Å². The van der Waals surface area contributed by atoms with Gasteiger partial charge in [-0.3, -0.25) is 4.79 Å². The van der Waals surface area contributed by atoms with Crippen LogP contribution in [-0.2, 0) is 11.3 Å². The number of H-pyrrole nitrogens is 1. The van der Waals surface area contributed by atoms with Crippen molar-refractivity contribution in [2.75, 3.05) is 38.8 Å². The van der Waals surface area contributed by atoms with Gasteiger partial charge in [0.25, 0.3) is 0 Å². The maximum absolute atomic E-state index is 14.1. The van der Waals surface area contributed by atoms with Crippen molar-refractivity contribution >= 4 is 40.3 Å². The van der Waals surface area contributed by atoms with Gasteiger partial charge in [-0.05, 0) is 74.0 Å². The average molecular weight is 584 g/mol. The molecule has 0 radical (unpaired) electrons. The van der Waals surface area contributed by atoms with Gasteiger partial charge < -0.3 is 25.4 Å². The molecule has 220 valence electrons. The number of piperidine rings is 1. The third-order valence-corrected chi connectivity index (χ3v) is 9.04. The van der Waals surface area contributed by atoms with Gasteiger partial charge in [-0.15, -0.1) is 11.8 Å². The number of nitrogens with one attached hydrogen (secondary N) is 3. The summed E-state index contributed by atoms with van der Waals surface area (Å²) in [5.74, 6) is -0.0499. The summed E-state index contributed by atoms with van der Waals surface area (Å²) in [5.41, 5.74) is 5.21. The van der Waals surface area contributed by atoms with Gasteiger partial charge in [0.05, 0.1) is 5.69 Å². The molecule has 2 heterocycles. The highest BCUT2D eigenvalue weighted by Crippen LogP contribution is 2.32. The van der Waals surface area contributed by atoms with Gasteiger partial charge >= 0.3 is 6.03 Å². The van der Waals surface area contributed by atoms with E-state index in [0.717, 1.165) is 52.0 Å². The van der Waals surface area contributed by atoms with Gasteiger partial charge in [0.1, 0.15) is 6.04 Å². The molecule has 3 N–H and O–H groups in total. The van der Waals surface area contributed by atoms with Crippen LogP contribution in [0.25, 0.3) is 10.9 Å². The second kappa shape index (κ2) is 13.5. The normalized spacial score (nSPS) is 15.5. The minimum absolute atomic E-state index is 0.195. The van der Waals surface area contributed by atoms with Crippen LogP contribution in [0.15, 0.2) is 83.9 Å². The van der Waals surface area contributed by atoms with Crippen molar-refractivity contribution in [3.8, 4) is 0 Å². The summed E-state index contributed by atoms with van der Waals surface area (Å²) in [4.78, 5) is 36.0. The van der Waals surface area contributed by atoms with Gasteiger partial charge in [0.2, 0.25) is 5.91 Å². The Hall–Kier alpha value is -3.75. The summed E-state index contributed by atoms with van der Waals surface area (Å²) in [6.45, 7) is 4.09. The van der Waals surface area contributed by atoms with E-state index in [-0.39, 0.29) is 17.9 Å². The lowest BCUT2D eigenvalue weighted by molar-refractivity contribution is -0.118. The summed E-state index contributed by atoms with van der Waals surface area (Å²) in [6.07, 6.45) is 5.77. The fourth-order valence-corrected chi connectivity index (χ4v) is 6.49. The first kappa shape index (κ1) is 29.7. The number of carbonyl (C=O) groups excluding carboxylic acids is 2. The smallest absolute Gasteiger partial charge is 0.318 e. The van der Waals surface area contributed by atoms with Crippen LogP contribution in [-0.4, -0.2) is 66.2 Å². The van der Waals surface area contributed by atoms with Crippen LogP contribution in [0.1, 0.15) is 48.3 Å². The molecule has 2 atom stereocenters. The molecule has 1 aliphatic heterocycles. The molecule has 8 heteroatoms. The van der Waals surface area contributed by atoms with Crippen molar-refractivity contribution in [1.82, 2.24) is 20.1 Å². The Bertz CT molecular complexity index is 1510. The number of amides is 3. The largest absolute Gasteiger partial charge is 0.361 e. The van der Waals surface area contributed by atoms with Crippen LogP contribution >= 0.6 is 11.8 Å². The zero-order valence-electron chi connectivity index (χ0n) is 24.9. The van der Waals surface area contributed by atoms with Crippen LogP contribution < -0.4 is 10.6 Å². The van der Waals surface area contributed by atoms with E-state index in [1.807, 2.05) is 74.8 Å². The van der Waals surface area contributed by atoms with Crippen molar-refractivity contribution in [1.29, 1.82) is 0 Å². The van der Waals surface area contributed by atoms with Crippen LogP contribution in [0.2, 0.25) is 0 Å². The number of hydrogen-bond donors (Lipinski definition) is 3. The summed E-state index contributed by atoms with van der Waals surface area (Å²) < 4.78 is 0. The number of aromatic nitrogens is 1. The maximum Gasteiger partial charge on any atom is 0.318 e. The van der Waals surface area contributed by atoms with Crippen molar-refractivity contribution in [3.63, 3.8) is 0 Å². The Morgan fingerprint density at radius 1 is 1.02 bits per heavy atom. The predicted octanol–water partition coefficient (Wildman–Crippen LogP) is 6.65. The fourth-order valence-electron chi connectivity index (χ4n) is 5.96. The van der Waals surface area contributed by atoms with E-state index < -0.39 is 6.04 Å². The molecular formula is C34H41N5O2S. The molecule has 1 fully saturated rings. The number of hydrogen-bond acceptors (Lipinski definition) is 4. The Balaban J connectivity index is 1.37. The summed E-state index contributed by atoms with van der Waals surface area (Å²) in [6, 6.07) is 23.8. The molecular weight excluding hydrogens is 542 g/mol. The van der Waals surface area contributed by atoms with Gasteiger partial charge in [-0.25, -0.2) is 4.79 Å². The highest BCUT2D eigenvalue weighted by molar-refractivity contribution is 7.98. The van der Waals surface area contributed by atoms with E-state index in [2.05, 4.69) is 56.9 Å². The minimum atomic E-state index is -0.768. The minimum Gasteiger partial charge on any atom is -0.361 e. The van der Waals surface area contributed by atoms with E-state index in [1.54, 1.807) is 11.8 Å². The summed E-state index contributed by atoms with van der Waals surface area (Å²) in [5, 5.41) is 7.38. The molecule has 7 nitrogen and oxygen atoms in total. The molecule has 2 unspecified atom stereocenters. The topological polar surface area (TPSA) is 80.5 Å². The highest BCUT2D eigenvalue weighted by atomic mass is 32.2. The number of urea groups is 1. The molecule has 0 spiro atoms. The van der Waals surface area contributed by atoms with Crippen molar-refractivity contribution in [3.05, 3.63) is 95.7 Å². The molecule has 3 aromatic carbocycles. The Labute approximate surface area is 253 Å². The van der Waals surface area contributed by atoms with E-state index in [1.165, 1.54) is 5.56 Å². The van der Waals surface area contributed by atoms with Crippen LogP contribution in [0.3, 0.4) is 0 Å². The molecule has 0 saturated carbocycles. The fraction of sp³-hybridized carbons (Fsp3) is 0.353. The third-order valence-electron chi connectivity index (χ3n) is 8.25. The Kier molecular flexibility index (Phi) is 9.55. The lowest BCUT2D eigenvalue weighted by Crippen LogP contribution is -2.53. The number of aromatic amines is 1. The van der Waals surface area contributed by atoms with E-state index in [4.69, 9.17) is 0 Å². The second-order valence-corrected chi connectivity index (χ2v) is 12.3. The molecule has 4 aromatic rings. The first-order chi connectivity index (χ1) is 20.3. The first-order valence-corrected chi connectivity index (χ1v) is 15.9. The molecule has 3 amide bonds. The number of likely N-dealkylation sites (tertiary alicyclic amines) is 1. The zero-order valence-corrected chi connectivity index (χ0v) is 25.7. The maximum atomic E-state index is 14.1. The van der Waals surface area contributed by atoms with E-state index >= 15 is 0 Å². The zero-order chi connectivity index (χ0) is 29.6. The molecule has 5 rings (SSSR count). The van der Waals surface area contributed by atoms with E-state index in [9.17, 15) is 9.59 Å². The first-order valence-electron chi connectivity index (χ1n) is 14.6. The summed E-state index contributed by atoms with van der Waals surface area (Å²) in [7, 11) is 4.05. The SMILES string of the molecule is CSc1ccc(CN(C)C)cc1NC(=O)C(NC(=O)N1CCC(c2ccccc2)CC1)C(C)c1c[nH]c2ccccc12. The molecule has 0 bridgehead atoms. The van der Waals surface area contributed by atoms with Crippen LogP contribution in [0.4, 0.5) is 10.5 Å². The number of fused-ring (bicyclic) bond motifs is 1. The number of anilines is 1. The van der Waals surface area contributed by atoms with Crippen LogP contribution in [0, 0.1) is 0 Å². The average Bonchev–Trinajstić information content (AvgIpc) is 3.44. The molecule has 1 aliphatic rings. The van der Waals surface area contributed by atoms with Gasteiger partial charge in [-0.1, -0.05) is 61.5 Å². The van der Waals surface area contributed by atoms with Crippen LogP contribution in [0.5, 0.6) is 0 Å². The molecule has 1 aromatic heterocycles. The number of para-hydroxylation sites is 1. The molecule has 0 aliphatic carbocycles. The quantitative estimate of drug-likeness (QED) is 0.193. The lowest BCUT2D eigenvalue weighted by Gasteiger charge is -2.34. The second-order valence-electron chi connectivity index (χ2n) is 11.4. The standard InChI is InChI=1S/C34H41N5O2S/c1-23(28-21-35-29-13-9-8-12-27(28)29)32(33(40)36-30-20-24(22-38(2)3)14-15-31(30)42-4)37-34(41)39-18-16-26(17-19-39)25-10-6-5-7-11-25/h5-15,20-21,23,26,32,35H,16-19,22H2,1-4H3,(H,36,40)(H,37,41). The van der Waals surface area contributed by atoms with Crippen molar-refractivity contribution in [2.24, 2.45) is 0 Å². The van der Waals surface area contributed by atoms with Crippen molar-refractivity contribution < 1.29 is 9.59 Å². The number of benzene rings is 3. The summed E-state index contributed by atoms with van der Waals surface area (Å²) >= 11 is 1.59. The molecule has 1 saturated heterocycles. The van der Waals surface area contributed by atoms with Crippen molar-refractivity contribution in [2.45, 2.75) is 49.1 Å². The monoisotopic (exact) mass is 583 g/mol. The number of nitrogens with zero attached hydrogens (tertiary/aromatic N) is 2. The van der Waals surface area contributed by atoms with Gasteiger partial charge in [0, 0.05) is 47.5 Å². The Morgan fingerprint density at radius 2 is 1.74 bits per heavy atom. The predicted molar refractivity (Wildman–Crippen MR) is 173 cm³/mol. The van der Waals surface area contributed by atoms with Gasteiger partial charge in [0.15, 0.2) is 0 Å². The Morgan fingerprint density at radius 3 is 2.45 bits per heavy atom. The number of rotatable bonds is 9. The highest BCUT2D eigenvalue weighted by Gasteiger charge is 2.33. The number of thioether (sulfide) groups is 1. The lowest BCUT2D eigenvalue weighted by atomic mass is 9.89. The molecule has 42 heavy (non-hydrogen) atoms. The third kappa shape index (κ3) is 6.82. The number of carbonyl (C=O) groups is 2. The van der Waals surface area contributed by atoms with E-state index in [0.29, 0.717) is 19.0 Å².